The van der Waals surface area contributed by atoms with E-state index >= 15 is 0 Å². The Bertz CT molecular complexity index is 787. The van der Waals surface area contributed by atoms with Gasteiger partial charge in [0.2, 0.25) is 22.1 Å². The predicted octanol–water partition coefficient (Wildman–Crippen LogP) is 2.36. The number of hydrogen-bond donors (Lipinski definition) is 0. The Morgan fingerprint density at radius 1 is 0.839 bits per heavy atom. The van der Waals surface area contributed by atoms with E-state index in [0.717, 1.165) is 69.7 Å². The highest BCUT2D eigenvalue weighted by Gasteiger charge is 2.34. The Morgan fingerprint density at radius 2 is 1.61 bits per heavy atom. The van der Waals surface area contributed by atoms with Gasteiger partial charge >= 0.3 is 0 Å². The zero-order valence-electron chi connectivity index (χ0n) is 18.4. The molecule has 170 valence electrons. The number of piperazine rings is 1. The number of nitrogens with zero attached hydrogens (tertiary/aromatic N) is 6. The second-order valence-electron chi connectivity index (χ2n) is 9.45. The summed E-state index contributed by atoms with van der Waals surface area (Å²) in [5.41, 5.74) is 0. The molecule has 4 fully saturated rings. The van der Waals surface area contributed by atoms with Crippen LogP contribution in [0.25, 0.3) is 0 Å². The molecule has 4 aliphatic rings. The first-order chi connectivity index (χ1) is 15.2. The maximum Gasteiger partial charge on any atom is 0.228 e. The molecule has 2 amide bonds. The molecule has 5 rings (SSSR count). The minimum absolute atomic E-state index is 0.0377. The van der Waals surface area contributed by atoms with Gasteiger partial charge in [0.25, 0.3) is 0 Å². The largest absolute Gasteiger partial charge is 0.346 e. The topological polar surface area (TPSA) is 72.9 Å². The van der Waals surface area contributed by atoms with Gasteiger partial charge < -0.3 is 9.80 Å². The number of carbonyl (C=O) groups excluding carboxylic acids is 2. The molecule has 4 heterocycles. The maximum absolute atomic E-state index is 13.3. The zero-order valence-corrected chi connectivity index (χ0v) is 19.2. The highest BCUT2D eigenvalue weighted by atomic mass is 32.1. The molecule has 1 saturated carbocycles. The van der Waals surface area contributed by atoms with Crippen molar-refractivity contribution in [3.8, 4) is 0 Å². The number of rotatable bonds is 4. The van der Waals surface area contributed by atoms with Crippen LogP contribution in [0.5, 0.6) is 0 Å². The molecule has 31 heavy (non-hydrogen) atoms. The van der Waals surface area contributed by atoms with Gasteiger partial charge in [-0.3, -0.25) is 19.4 Å². The predicted molar refractivity (Wildman–Crippen MR) is 121 cm³/mol. The van der Waals surface area contributed by atoms with Crippen molar-refractivity contribution < 1.29 is 9.59 Å². The van der Waals surface area contributed by atoms with E-state index in [2.05, 4.69) is 24.9 Å². The lowest BCUT2D eigenvalue weighted by molar-refractivity contribution is -0.138. The first-order valence-corrected chi connectivity index (χ1v) is 12.9. The molecule has 3 saturated heterocycles. The van der Waals surface area contributed by atoms with Gasteiger partial charge in [-0.1, -0.05) is 30.6 Å². The number of aromatic nitrogens is 2. The van der Waals surface area contributed by atoms with E-state index in [1.807, 2.05) is 0 Å². The number of carbonyl (C=O) groups is 2. The first-order valence-electron chi connectivity index (χ1n) is 12.1. The van der Waals surface area contributed by atoms with E-state index in [4.69, 9.17) is 0 Å². The summed E-state index contributed by atoms with van der Waals surface area (Å²) in [6, 6.07) is 0.741. The highest BCUT2D eigenvalue weighted by Crippen LogP contribution is 2.33. The van der Waals surface area contributed by atoms with Crippen LogP contribution in [-0.4, -0.2) is 83.7 Å². The summed E-state index contributed by atoms with van der Waals surface area (Å²) in [5.74, 6) is 0.491. The molecule has 1 aliphatic carbocycles. The summed E-state index contributed by atoms with van der Waals surface area (Å²) >= 11 is 1.48. The van der Waals surface area contributed by atoms with Crippen LogP contribution in [0.4, 0.5) is 10.3 Å². The second-order valence-corrected chi connectivity index (χ2v) is 10.4. The molecule has 1 atom stereocenters. The van der Waals surface area contributed by atoms with Crippen LogP contribution < -0.4 is 9.80 Å². The van der Waals surface area contributed by atoms with Crippen LogP contribution >= 0.6 is 11.3 Å². The van der Waals surface area contributed by atoms with Crippen molar-refractivity contribution in [1.29, 1.82) is 0 Å². The standard InChI is InChI=1S/C22H34N6O2S/c29-19-9-5-11-28(19)22-24-23-21(31-22)27-10-4-6-17(16-27)20(30)26-14-12-25(13-15-26)18-7-2-1-3-8-18/h17-18H,1-16H2. The van der Waals surface area contributed by atoms with Crippen molar-refractivity contribution in [2.75, 3.05) is 55.6 Å². The van der Waals surface area contributed by atoms with E-state index in [-0.39, 0.29) is 11.8 Å². The van der Waals surface area contributed by atoms with Crippen molar-refractivity contribution in [3.63, 3.8) is 0 Å². The Labute approximate surface area is 188 Å². The fraction of sp³-hybridized carbons (Fsp3) is 0.818. The van der Waals surface area contributed by atoms with E-state index in [1.165, 1.54) is 43.4 Å². The molecule has 3 aliphatic heterocycles. The SMILES string of the molecule is O=C(C1CCCN(c2nnc(N3CCCC3=O)s2)C1)N1CCN(C2CCCCC2)CC1. The van der Waals surface area contributed by atoms with Crippen LogP contribution in [0.2, 0.25) is 0 Å². The third-order valence-corrected chi connectivity index (χ3v) is 8.47. The normalized spacial score (nSPS) is 26.6. The smallest absolute Gasteiger partial charge is 0.228 e. The summed E-state index contributed by atoms with van der Waals surface area (Å²) in [7, 11) is 0. The molecule has 0 aromatic carbocycles. The molecule has 0 spiro atoms. The molecular weight excluding hydrogens is 412 g/mol. The van der Waals surface area contributed by atoms with Crippen molar-refractivity contribution in [2.24, 2.45) is 5.92 Å². The Balaban J connectivity index is 1.16. The molecule has 0 N–H and O–H groups in total. The summed E-state index contributed by atoms with van der Waals surface area (Å²) in [6.07, 6.45) is 10.2. The van der Waals surface area contributed by atoms with Crippen molar-refractivity contribution in [3.05, 3.63) is 0 Å². The molecular formula is C22H34N6O2S. The third-order valence-electron chi connectivity index (χ3n) is 7.47. The summed E-state index contributed by atoms with van der Waals surface area (Å²) in [4.78, 5) is 33.9. The summed E-state index contributed by atoms with van der Waals surface area (Å²) in [6.45, 7) is 6.14. The summed E-state index contributed by atoms with van der Waals surface area (Å²) < 4.78 is 0. The maximum atomic E-state index is 13.3. The molecule has 9 heteroatoms. The van der Waals surface area contributed by atoms with E-state index in [9.17, 15) is 9.59 Å². The van der Waals surface area contributed by atoms with E-state index in [1.54, 1.807) is 4.90 Å². The van der Waals surface area contributed by atoms with Gasteiger partial charge in [0.15, 0.2) is 0 Å². The molecule has 0 radical (unpaired) electrons. The van der Waals surface area contributed by atoms with Gasteiger partial charge in [0, 0.05) is 58.3 Å². The Kier molecular flexibility index (Phi) is 6.41. The van der Waals surface area contributed by atoms with E-state index < -0.39 is 0 Å². The lowest BCUT2D eigenvalue weighted by Gasteiger charge is -2.42. The lowest BCUT2D eigenvalue weighted by atomic mass is 9.93. The monoisotopic (exact) mass is 446 g/mol. The van der Waals surface area contributed by atoms with Crippen molar-refractivity contribution >= 4 is 33.4 Å². The minimum Gasteiger partial charge on any atom is -0.346 e. The zero-order chi connectivity index (χ0) is 21.2. The highest BCUT2D eigenvalue weighted by molar-refractivity contribution is 7.19. The lowest BCUT2D eigenvalue weighted by Crippen LogP contribution is -2.54. The fourth-order valence-corrected chi connectivity index (χ4v) is 6.58. The third kappa shape index (κ3) is 4.58. The molecule has 1 unspecified atom stereocenters. The van der Waals surface area contributed by atoms with Crippen molar-refractivity contribution in [1.82, 2.24) is 20.0 Å². The van der Waals surface area contributed by atoms with Crippen LogP contribution in [0.15, 0.2) is 0 Å². The van der Waals surface area contributed by atoms with E-state index in [0.29, 0.717) is 24.0 Å². The Morgan fingerprint density at radius 3 is 2.35 bits per heavy atom. The fourth-order valence-electron chi connectivity index (χ4n) is 5.66. The average Bonchev–Trinajstić information content (AvgIpc) is 3.48. The van der Waals surface area contributed by atoms with Crippen molar-refractivity contribution in [2.45, 2.75) is 63.8 Å². The summed E-state index contributed by atoms with van der Waals surface area (Å²) in [5, 5.41) is 10.2. The van der Waals surface area contributed by atoms with Gasteiger partial charge in [-0.15, -0.1) is 10.2 Å². The second kappa shape index (κ2) is 9.40. The quantitative estimate of drug-likeness (QED) is 0.707. The van der Waals surface area contributed by atoms with Gasteiger partial charge in [-0.2, -0.15) is 0 Å². The van der Waals surface area contributed by atoms with Crippen LogP contribution in [0, 0.1) is 5.92 Å². The minimum atomic E-state index is 0.0377. The number of amides is 2. The molecule has 1 aromatic rings. The van der Waals surface area contributed by atoms with Gasteiger partial charge in [-0.25, -0.2) is 0 Å². The van der Waals surface area contributed by atoms with Crippen LogP contribution in [0.3, 0.4) is 0 Å². The van der Waals surface area contributed by atoms with Crippen LogP contribution in [0.1, 0.15) is 57.8 Å². The molecule has 0 bridgehead atoms. The van der Waals surface area contributed by atoms with Gasteiger partial charge in [0.05, 0.1) is 5.92 Å². The number of piperidine rings is 1. The first kappa shape index (κ1) is 21.1. The van der Waals surface area contributed by atoms with Gasteiger partial charge in [-0.05, 0) is 32.1 Å². The average molecular weight is 447 g/mol. The number of anilines is 2. The molecule has 1 aromatic heterocycles. The van der Waals surface area contributed by atoms with Gasteiger partial charge in [0.1, 0.15) is 0 Å². The Hall–Kier alpha value is -1.74. The van der Waals surface area contributed by atoms with Crippen LogP contribution in [-0.2, 0) is 9.59 Å². The number of hydrogen-bond acceptors (Lipinski definition) is 7. The molecule has 8 nitrogen and oxygen atoms in total.